The van der Waals surface area contributed by atoms with Crippen LogP contribution in [0, 0.1) is 20.2 Å². The standard InChI is InChI=1S/C9H14N2O6/c1-4-17-9(12)8(11(15)16)5-7(6(2)3)10(13)14/h7-8H,2,4-5H2,1,3H3. The Bertz CT molecular complexity index is 326. The molecule has 0 N–H and O–H groups in total. The van der Waals surface area contributed by atoms with Crippen molar-refractivity contribution < 1.29 is 19.4 Å². The highest BCUT2D eigenvalue weighted by Crippen LogP contribution is 2.13. The number of esters is 1. The summed E-state index contributed by atoms with van der Waals surface area (Å²) in [7, 11) is 0. The molecule has 0 rings (SSSR count). The van der Waals surface area contributed by atoms with Gasteiger partial charge in [-0.05, 0) is 19.4 Å². The fourth-order valence-corrected chi connectivity index (χ4v) is 1.19. The van der Waals surface area contributed by atoms with E-state index >= 15 is 0 Å². The average molecular weight is 246 g/mol. The van der Waals surface area contributed by atoms with Gasteiger partial charge in [0, 0.05) is 9.85 Å². The van der Waals surface area contributed by atoms with Crippen molar-refractivity contribution in [2.24, 2.45) is 0 Å². The van der Waals surface area contributed by atoms with Crippen molar-refractivity contribution in [2.45, 2.75) is 32.4 Å². The van der Waals surface area contributed by atoms with Crippen molar-refractivity contribution in [2.75, 3.05) is 6.61 Å². The molecule has 0 radical (unpaired) electrons. The van der Waals surface area contributed by atoms with Crippen LogP contribution >= 0.6 is 0 Å². The maximum atomic E-state index is 11.2. The number of hydrogen-bond donors (Lipinski definition) is 0. The van der Waals surface area contributed by atoms with Gasteiger partial charge in [-0.2, -0.15) is 0 Å². The summed E-state index contributed by atoms with van der Waals surface area (Å²) in [6.07, 6.45) is -0.547. The molecule has 2 atom stereocenters. The lowest BCUT2D eigenvalue weighted by Gasteiger charge is -2.12. The van der Waals surface area contributed by atoms with E-state index < -0.39 is 34.3 Å². The number of nitro groups is 2. The summed E-state index contributed by atoms with van der Waals surface area (Å²) in [6.45, 7) is 6.25. The summed E-state index contributed by atoms with van der Waals surface area (Å²) in [5.41, 5.74) is 0.158. The van der Waals surface area contributed by atoms with E-state index in [9.17, 15) is 25.0 Å². The van der Waals surface area contributed by atoms with Crippen molar-refractivity contribution in [1.29, 1.82) is 0 Å². The summed E-state index contributed by atoms with van der Waals surface area (Å²) >= 11 is 0. The molecule has 0 saturated heterocycles. The number of nitrogens with zero attached hydrogens (tertiary/aromatic N) is 2. The third-order valence-corrected chi connectivity index (χ3v) is 2.08. The molecule has 8 heteroatoms. The highest BCUT2D eigenvalue weighted by atomic mass is 16.6. The minimum absolute atomic E-state index is 0.0145. The lowest BCUT2D eigenvalue weighted by Crippen LogP contribution is -2.37. The Hall–Kier alpha value is -1.99. The van der Waals surface area contributed by atoms with Gasteiger partial charge in [0.05, 0.1) is 13.0 Å². The van der Waals surface area contributed by atoms with Gasteiger partial charge in [-0.25, -0.2) is 4.79 Å². The summed E-state index contributed by atoms with van der Waals surface area (Å²) in [5.74, 6) is -1.06. The van der Waals surface area contributed by atoms with Crippen molar-refractivity contribution in [3.8, 4) is 0 Å². The topological polar surface area (TPSA) is 113 Å². The highest BCUT2D eigenvalue weighted by molar-refractivity contribution is 5.74. The summed E-state index contributed by atoms with van der Waals surface area (Å²) in [4.78, 5) is 31.0. The molecular weight excluding hydrogens is 232 g/mol. The zero-order valence-corrected chi connectivity index (χ0v) is 9.62. The molecule has 0 aromatic carbocycles. The van der Waals surface area contributed by atoms with Crippen LogP contribution in [0.3, 0.4) is 0 Å². The minimum atomic E-state index is -1.73. The summed E-state index contributed by atoms with van der Waals surface area (Å²) < 4.78 is 4.49. The fraction of sp³-hybridized carbons (Fsp3) is 0.667. The van der Waals surface area contributed by atoms with E-state index in [-0.39, 0.29) is 12.2 Å². The molecule has 96 valence electrons. The molecule has 8 nitrogen and oxygen atoms in total. The van der Waals surface area contributed by atoms with Crippen LogP contribution in [0.15, 0.2) is 12.2 Å². The van der Waals surface area contributed by atoms with Gasteiger partial charge in [0.2, 0.25) is 6.04 Å². The van der Waals surface area contributed by atoms with Gasteiger partial charge in [-0.3, -0.25) is 20.2 Å². The second kappa shape index (κ2) is 6.56. The molecule has 0 amide bonds. The molecule has 0 aliphatic carbocycles. The first-order valence-corrected chi connectivity index (χ1v) is 4.90. The van der Waals surface area contributed by atoms with Crippen LogP contribution in [-0.4, -0.2) is 34.5 Å². The minimum Gasteiger partial charge on any atom is -0.461 e. The van der Waals surface area contributed by atoms with Gasteiger partial charge in [-0.1, -0.05) is 6.58 Å². The van der Waals surface area contributed by atoms with Crippen LogP contribution in [0.25, 0.3) is 0 Å². The lowest BCUT2D eigenvalue weighted by atomic mass is 10.0. The molecule has 0 aliphatic rings. The smallest absolute Gasteiger partial charge is 0.381 e. The Morgan fingerprint density at radius 2 is 1.76 bits per heavy atom. The maximum Gasteiger partial charge on any atom is 0.381 e. The molecule has 0 aliphatic heterocycles. The van der Waals surface area contributed by atoms with Gasteiger partial charge in [0.1, 0.15) is 0 Å². The molecule has 0 fully saturated rings. The Kier molecular flexibility index (Phi) is 5.79. The normalized spacial score (nSPS) is 13.5. The molecule has 17 heavy (non-hydrogen) atoms. The van der Waals surface area contributed by atoms with E-state index in [1.165, 1.54) is 13.8 Å². The molecule has 0 saturated carbocycles. The number of carbonyl (C=O) groups is 1. The molecule has 2 unspecified atom stereocenters. The van der Waals surface area contributed by atoms with Crippen LogP contribution < -0.4 is 0 Å². The van der Waals surface area contributed by atoms with Gasteiger partial charge in [0.25, 0.3) is 0 Å². The predicted molar refractivity (Wildman–Crippen MR) is 57.6 cm³/mol. The number of carbonyl (C=O) groups excluding carboxylic acids is 1. The van der Waals surface area contributed by atoms with Crippen molar-refractivity contribution in [1.82, 2.24) is 0 Å². The van der Waals surface area contributed by atoms with Gasteiger partial charge in [-0.15, -0.1) is 0 Å². The van der Waals surface area contributed by atoms with E-state index in [1.54, 1.807) is 0 Å². The van der Waals surface area contributed by atoms with Gasteiger partial charge in [0.15, 0.2) is 0 Å². The zero-order valence-electron chi connectivity index (χ0n) is 9.62. The van der Waals surface area contributed by atoms with Crippen LogP contribution in [0.5, 0.6) is 0 Å². The average Bonchev–Trinajstić information content (AvgIpc) is 2.16. The van der Waals surface area contributed by atoms with E-state index in [1.807, 2.05) is 0 Å². The quantitative estimate of drug-likeness (QED) is 0.284. The number of rotatable bonds is 7. The van der Waals surface area contributed by atoms with Gasteiger partial charge >= 0.3 is 12.0 Å². The van der Waals surface area contributed by atoms with Crippen LogP contribution in [0.2, 0.25) is 0 Å². The Balaban J connectivity index is 4.85. The van der Waals surface area contributed by atoms with Crippen molar-refractivity contribution in [3.05, 3.63) is 32.4 Å². The first-order chi connectivity index (χ1) is 7.81. The van der Waals surface area contributed by atoms with Crippen LogP contribution in [-0.2, 0) is 9.53 Å². The van der Waals surface area contributed by atoms with Crippen LogP contribution in [0.4, 0.5) is 0 Å². The second-order valence-electron chi connectivity index (χ2n) is 3.44. The van der Waals surface area contributed by atoms with Crippen LogP contribution in [0.1, 0.15) is 20.3 Å². The molecular formula is C9H14N2O6. The molecule has 0 heterocycles. The molecule has 0 bridgehead atoms. The Morgan fingerprint density at radius 1 is 1.29 bits per heavy atom. The van der Waals surface area contributed by atoms with Crippen molar-refractivity contribution >= 4 is 5.97 Å². The van der Waals surface area contributed by atoms with E-state index in [0.29, 0.717) is 0 Å². The number of hydrogen-bond acceptors (Lipinski definition) is 6. The monoisotopic (exact) mass is 246 g/mol. The largest absolute Gasteiger partial charge is 0.461 e. The third kappa shape index (κ3) is 4.58. The SMILES string of the molecule is C=C(C)C(CC(C(=O)OCC)[N+](=O)[O-])[N+](=O)[O-]. The van der Waals surface area contributed by atoms with Gasteiger partial charge < -0.3 is 4.74 Å². The van der Waals surface area contributed by atoms with E-state index in [0.717, 1.165) is 0 Å². The lowest BCUT2D eigenvalue weighted by molar-refractivity contribution is -0.547. The van der Waals surface area contributed by atoms with E-state index in [4.69, 9.17) is 0 Å². The fourth-order valence-electron chi connectivity index (χ4n) is 1.19. The maximum absolute atomic E-state index is 11.2. The first kappa shape index (κ1) is 15.0. The van der Waals surface area contributed by atoms with Crippen molar-refractivity contribution in [3.63, 3.8) is 0 Å². The molecule has 0 aromatic heterocycles. The zero-order chi connectivity index (χ0) is 13.6. The predicted octanol–water partition coefficient (Wildman–Crippen LogP) is 0.806. The number of ether oxygens (including phenoxy) is 1. The molecule has 0 aromatic rings. The highest BCUT2D eigenvalue weighted by Gasteiger charge is 2.39. The first-order valence-electron chi connectivity index (χ1n) is 4.90. The summed E-state index contributed by atoms with van der Waals surface area (Å²) in [6, 6.07) is -3.06. The summed E-state index contributed by atoms with van der Waals surface area (Å²) in [5, 5.41) is 21.3. The third-order valence-electron chi connectivity index (χ3n) is 2.08. The Labute approximate surface area is 97.6 Å². The molecule has 0 spiro atoms. The Morgan fingerprint density at radius 3 is 2.06 bits per heavy atom. The second-order valence-corrected chi connectivity index (χ2v) is 3.44. The van der Waals surface area contributed by atoms with E-state index in [2.05, 4.69) is 11.3 Å².